The average molecular weight is 384 g/mol. The molecule has 1 saturated carbocycles. The Morgan fingerprint density at radius 2 is 1.96 bits per heavy atom. The number of imide groups is 1. The highest BCUT2D eigenvalue weighted by molar-refractivity contribution is 7.14. The van der Waals surface area contributed by atoms with Gasteiger partial charge in [-0.05, 0) is 25.0 Å². The van der Waals surface area contributed by atoms with E-state index in [9.17, 15) is 14.4 Å². The van der Waals surface area contributed by atoms with Crippen LogP contribution in [0.4, 0.5) is 5.13 Å². The summed E-state index contributed by atoms with van der Waals surface area (Å²) in [6.07, 6.45) is 7.05. The van der Waals surface area contributed by atoms with Crippen molar-refractivity contribution in [3.05, 3.63) is 29.9 Å². The van der Waals surface area contributed by atoms with E-state index in [2.05, 4.69) is 15.3 Å². The molecule has 2 atom stereocenters. The molecule has 7 nitrogen and oxygen atoms in total. The zero-order chi connectivity index (χ0) is 18.8. The molecule has 140 valence electrons. The van der Waals surface area contributed by atoms with E-state index < -0.39 is 0 Å². The zero-order valence-corrected chi connectivity index (χ0v) is 15.6. The molecule has 3 amide bonds. The maximum Gasteiger partial charge on any atom is 0.233 e. The van der Waals surface area contributed by atoms with Gasteiger partial charge in [-0.15, -0.1) is 11.3 Å². The Morgan fingerprint density at radius 1 is 1.22 bits per heavy atom. The molecular formula is C19H20N4O3S. The van der Waals surface area contributed by atoms with Crippen molar-refractivity contribution in [3.63, 3.8) is 0 Å². The molecule has 3 heterocycles. The number of pyridine rings is 1. The van der Waals surface area contributed by atoms with Crippen molar-refractivity contribution >= 4 is 34.2 Å². The van der Waals surface area contributed by atoms with Crippen LogP contribution in [0.2, 0.25) is 0 Å². The third-order valence-electron chi connectivity index (χ3n) is 5.20. The highest BCUT2D eigenvalue weighted by Gasteiger charge is 2.47. The molecule has 0 aromatic carbocycles. The van der Waals surface area contributed by atoms with Gasteiger partial charge in [-0.3, -0.25) is 24.3 Å². The summed E-state index contributed by atoms with van der Waals surface area (Å²) in [5, 5.41) is 5.09. The minimum absolute atomic E-state index is 0.0821. The normalized spacial score (nSPS) is 22.0. The number of anilines is 1. The first-order valence-electron chi connectivity index (χ1n) is 9.14. The summed E-state index contributed by atoms with van der Waals surface area (Å²) in [4.78, 5) is 46.8. The predicted octanol–water partition coefficient (Wildman–Crippen LogP) is 2.71. The Kier molecular flexibility index (Phi) is 4.98. The van der Waals surface area contributed by atoms with Crippen molar-refractivity contribution in [1.82, 2.24) is 14.9 Å². The lowest BCUT2D eigenvalue weighted by Gasteiger charge is -2.19. The SMILES string of the molecule is O=C(CCN1C(=O)C2CCCCC2C1=O)Nc1nc(-c2cccnc2)cs1. The molecule has 2 aliphatic rings. The molecule has 1 saturated heterocycles. The fraction of sp³-hybridized carbons (Fsp3) is 0.421. The molecule has 2 aromatic heterocycles. The van der Waals surface area contributed by atoms with E-state index in [4.69, 9.17) is 0 Å². The standard InChI is InChI=1S/C19H20N4O3S/c24-16(22-19-21-15(11-27-19)12-4-3-8-20-10-12)7-9-23-17(25)13-5-1-2-6-14(13)18(23)26/h3-4,8,10-11,13-14H,1-2,5-7,9H2,(H,21,22,24). The van der Waals surface area contributed by atoms with Crippen molar-refractivity contribution in [1.29, 1.82) is 0 Å². The van der Waals surface area contributed by atoms with E-state index in [0.717, 1.165) is 36.9 Å². The fourth-order valence-electron chi connectivity index (χ4n) is 3.82. The molecule has 8 heteroatoms. The molecule has 2 aromatic rings. The third-order valence-corrected chi connectivity index (χ3v) is 5.96. The summed E-state index contributed by atoms with van der Waals surface area (Å²) >= 11 is 1.33. The monoisotopic (exact) mass is 384 g/mol. The Morgan fingerprint density at radius 3 is 2.63 bits per heavy atom. The molecule has 1 aliphatic heterocycles. The second-order valence-corrected chi connectivity index (χ2v) is 7.76. The lowest BCUT2D eigenvalue weighted by atomic mass is 9.81. The summed E-state index contributed by atoms with van der Waals surface area (Å²) < 4.78 is 0. The maximum absolute atomic E-state index is 12.4. The number of aromatic nitrogens is 2. The smallest absolute Gasteiger partial charge is 0.233 e. The average Bonchev–Trinajstić information content (AvgIpc) is 3.25. The van der Waals surface area contributed by atoms with E-state index in [1.807, 2.05) is 17.5 Å². The topological polar surface area (TPSA) is 92.3 Å². The van der Waals surface area contributed by atoms with Crippen LogP contribution in [0, 0.1) is 11.8 Å². The fourth-order valence-corrected chi connectivity index (χ4v) is 4.56. The summed E-state index contributed by atoms with van der Waals surface area (Å²) in [5.41, 5.74) is 1.63. The summed E-state index contributed by atoms with van der Waals surface area (Å²) in [6, 6.07) is 3.73. The van der Waals surface area contributed by atoms with Gasteiger partial charge in [0.25, 0.3) is 0 Å². The summed E-state index contributed by atoms with van der Waals surface area (Å²) in [5.74, 6) is -0.806. The number of hydrogen-bond donors (Lipinski definition) is 1. The van der Waals surface area contributed by atoms with Gasteiger partial charge in [0.1, 0.15) is 0 Å². The molecule has 0 radical (unpaired) electrons. The molecule has 4 rings (SSSR count). The maximum atomic E-state index is 12.4. The summed E-state index contributed by atoms with van der Waals surface area (Å²) in [6.45, 7) is 0.136. The number of likely N-dealkylation sites (tertiary alicyclic amines) is 1. The molecule has 2 fully saturated rings. The van der Waals surface area contributed by atoms with Crippen LogP contribution >= 0.6 is 11.3 Å². The molecule has 1 aliphatic carbocycles. The van der Waals surface area contributed by atoms with E-state index in [1.165, 1.54) is 16.2 Å². The summed E-state index contributed by atoms with van der Waals surface area (Å²) in [7, 11) is 0. The molecular weight excluding hydrogens is 364 g/mol. The first-order chi connectivity index (χ1) is 13.1. The van der Waals surface area contributed by atoms with Gasteiger partial charge in [-0.25, -0.2) is 4.98 Å². The van der Waals surface area contributed by atoms with E-state index in [-0.39, 0.29) is 42.5 Å². The molecule has 2 unspecified atom stereocenters. The van der Waals surface area contributed by atoms with Crippen LogP contribution in [0.1, 0.15) is 32.1 Å². The Bertz CT molecular complexity index is 843. The Hall–Kier alpha value is -2.61. The van der Waals surface area contributed by atoms with E-state index in [1.54, 1.807) is 12.4 Å². The van der Waals surface area contributed by atoms with Gasteiger partial charge in [0.2, 0.25) is 17.7 Å². The second kappa shape index (κ2) is 7.56. The van der Waals surface area contributed by atoms with Crippen LogP contribution in [-0.4, -0.2) is 39.1 Å². The second-order valence-electron chi connectivity index (χ2n) is 6.90. The van der Waals surface area contributed by atoms with Crippen LogP contribution < -0.4 is 5.32 Å². The highest BCUT2D eigenvalue weighted by Crippen LogP contribution is 2.38. The van der Waals surface area contributed by atoms with Gasteiger partial charge in [-0.2, -0.15) is 0 Å². The van der Waals surface area contributed by atoms with Gasteiger partial charge >= 0.3 is 0 Å². The van der Waals surface area contributed by atoms with Crippen LogP contribution in [0.15, 0.2) is 29.9 Å². The van der Waals surface area contributed by atoms with Crippen molar-refractivity contribution in [3.8, 4) is 11.3 Å². The molecule has 1 N–H and O–H groups in total. The number of fused-ring (bicyclic) bond motifs is 1. The number of amides is 3. The number of carbonyl (C=O) groups excluding carboxylic acids is 3. The Labute approximate surface area is 160 Å². The molecule has 0 spiro atoms. The number of rotatable bonds is 5. The number of hydrogen-bond acceptors (Lipinski definition) is 6. The number of nitrogens with zero attached hydrogens (tertiary/aromatic N) is 3. The highest BCUT2D eigenvalue weighted by atomic mass is 32.1. The number of carbonyl (C=O) groups is 3. The minimum atomic E-state index is -0.252. The first-order valence-corrected chi connectivity index (χ1v) is 10.0. The quantitative estimate of drug-likeness (QED) is 0.800. The van der Waals surface area contributed by atoms with Crippen molar-refractivity contribution in [2.75, 3.05) is 11.9 Å². The van der Waals surface area contributed by atoms with Gasteiger partial charge in [0, 0.05) is 36.3 Å². The number of thiazole rings is 1. The van der Waals surface area contributed by atoms with E-state index >= 15 is 0 Å². The van der Waals surface area contributed by atoms with Gasteiger partial charge < -0.3 is 5.32 Å². The largest absolute Gasteiger partial charge is 0.302 e. The van der Waals surface area contributed by atoms with Gasteiger partial charge in [-0.1, -0.05) is 12.8 Å². The van der Waals surface area contributed by atoms with Crippen molar-refractivity contribution in [2.24, 2.45) is 11.8 Å². The van der Waals surface area contributed by atoms with Crippen LogP contribution in [0.25, 0.3) is 11.3 Å². The lowest BCUT2D eigenvalue weighted by Crippen LogP contribution is -2.34. The predicted molar refractivity (Wildman–Crippen MR) is 101 cm³/mol. The van der Waals surface area contributed by atoms with Crippen molar-refractivity contribution < 1.29 is 14.4 Å². The molecule has 27 heavy (non-hydrogen) atoms. The van der Waals surface area contributed by atoms with Crippen LogP contribution in [0.5, 0.6) is 0 Å². The lowest BCUT2D eigenvalue weighted by molar-refractivity contribution is -0.140. The van der Waals surface area contributed by atoms with E-state index in [0.29, 0.717) is 5.13 Å². The minimum Gasteiger partial charge on any atom is -0.302 e. The van der Waals surface area contributed by atoms with Crippen molar-refractivity contribution in [2.45, 2.75) is 32.1 Å². The van der Waals surface area contributed by atoms with Crippen LogP contribution in [0.3, 0.4) is 0 Å². The Balaban J connectivity index is 1.33. The number of nitrogens with one attached hydrogen (secondary N) is 1. The molecule has 0 bridgehead atoms. The zero-order valence-electron chi connectivity index (χ0n) is 14.8. The third kappa shape index (κ3) is 3.62. The van der Waals surface area contributed by atoms with Crippen LogP contribution in [-0.2, 0) is 14.4 Å². The first kappa shape index (κ1) is 17.8. The van der Waals surface area contributed by atoms with Gasteiger partial charge in [0.05, 0.1) is 17.5 Å². The van der Waals surface area contributed by atoms with Gasteiger partial charge in [0.15, 0.2) is 5.13 Å².